The highest BCUT2D eigenvalue weighted by molar-refractivity contribution is 5.87. The number of ether oxygens (including phenoxy) is 4. The quantitative estimate of drug-likeness (QED) is 0.297. The van der Waals surface area contributed by atoms with Gasteiger partial charge < -0.3 is 18.9 Å². The van der Waals surface area contributed by atoms with E-state index in [1.54, 1.807) is 19.9 Å². The number of hydrogen-bond acceptors (Lipinski definition) is 6. The number of esters is 2. The van der Waals surface area contributed by atoms with E-state index in [9.17, 15) is 9.59 Å². The van der Waals surface area contributed by atoms with Gasteiger partial charge in [0.1, 0.15) is 26.4 Å². The van der Waals surface area contributed by atoms with Gasteiger partial charge in [0.15, 0.2) is 11.5 Å². The minimum Gasteiger partial charge on any atom is -0.486 e. The van der Waals surface area contributed by atoms with E-state index in [1.165, 1.54) is 0 Å². The van der Waals surface area contributed by atoms with E-state index in [0.717, 1.165) is 16.7 Å². The third-order valence-electron chi connectivity index (χ3n) is 4.14. The fourth-order valence-corrected chi connectivity index (χ4v) is 2.56. The Morgan fingerprint density at radius 2 is 1.29 bits per heavy atom. The summed E-state index contributed by atoms with van der Waals surface area (Å²) in [4.78, 5) is 23.0. The highest BCUT2D eigenvalue weighted by Crippen LogP contribution is 2.33. The van der Waals surface area contributed by atoms with Crippen molar-refractivity contribution >= 4 is 11.9 Å². The first-order valence-electron chi connectivity index (χ1n) is 9.90. The van der Waals surface area contributed by atoms with Crippen LogP contribution in [0.4, 0.5) is 0 Å². The SMILES string of the molecule is C=C(C)C(=O)OCCOc1ccc(-c2cccc(C)c2)cc1OCCOC(=O)C(=C)C. The van der Waals surface area contributed by atoms with Crippen LogP contribution in [0.2, 0.25) is 0 Å². The van der Waals surface area contributed by atoms with Crippen LogP contribution in [0.1, 0.15) is 19.4 Å². The number of rotatable bonds is 11. The molecule has 31 heavy (non-hydrogen) atoms. The van der Waals surface area contributed by atoms with Crippen LogP contribution >= 0.6 is 0 Å². The fourth-order valence-electron chi connectivity index (χ4n) is 2.56. The molecule has 0 bridgehead atoms. The smallest absolute Gasteiger partial charge is 0.333 e. The van der Waals surface area contributed by atoms with Gasteiger partial charge in [0.2, 0.25) is 0 Å². The Kier molecular flexibility index (Phi) is 8.88. The molecule has 0 aliphatic carbocycles. The van der Waals surface area contributed by atoms with Crippen LogP contribution in [0.5, 0.6) is 11.5 Å². The summed E-state index contributed by atoms with van der Waals surface area (Å²) in [7, 11) is 0. The summed E-state index contributed by atoms with van der Waals surface area (Å²) < 4.78 is 21.7. The van der Waals surface area contributed by atoms with Crippen LogP contribution in [-0.2, 0) is 19.1 Å². The zero-order valence-corrected chi connectivity index (χ0v) is 18.2. The monoisotopic (exact) mass is 424 g/mol. The first-order chi connectivity index (χ1) is 14.8. The summed E-state index contributed by atoms with van der Waals surface area (Å²) in [6, 6.07) is 13.7. The molecule has 0 aromatic heterocycles. The summed E-state index contributed by atoms with van der Waals surface area (Å²) in [6.45, 7) is 12.8. The maximum Gasteiger partial charge on any atom is 0.333 e. The predicted molar refractivity (Wildman–Crippen MR) is 119 cm³/mol. The van der Waals surface area contributed by atoms with E-state index in [0.29, 0.717) is 22.6 Å². The van der Waals surface area contributed by atoms with Crippen molar-refractivity contribution in [3.63, 3.8) is 0 Å². The summed E-state index contributed by atoms with van der Waals surface area (Å²) in [5.74, 6) is 0.0627. The molecule has 2 rings (SSSR count). The molecule has 0 saturated carbocycles. The molecular formula is C25H28O6. The molecule has 0 unspecified atom stereocenters. The van der Waals surface area contributed by atoms with Gasteiger partial charge in [0.25, 0.3) is 0 Å². The molecule has 0 fully saturated rings. The van der Waals surface area contributed by atoms with E-state index >= 15 is 0 Å². The van der Waals surface area contributed by atoms with Crippen molar-refractivity contribution in [2.75, 3.05) is 26.4 Å². The van der Waals surface area contributed by atoms with Gasteiger partial charge in [-0.25, -0.2) is 9.59 Å². The lowest BCUT2D eigenvalue weighted by Gasteiger charge is -2.15. The Balaban J connectivity index is 2.09. The summed E-state index contributed by atoms with van der Waals surface area (Å²) >= 11 is 0. The number of carbonyl (C=O) groups is 2. The molecule has 164 valence electrons. The standard InChI is InChI=1S/C25H28O6/c1-17(2)24(26)30-13-11-28-22-10-9-21(20-8-6-7-19(5)15-20)16-23(22)29-12-14-31-25(27)18(3)4/h6-10,15-16H,1,3,11-14H2,2,4-5H3. The van der Waals surface area contributed by atoms with Gasteiger partial charge in [0, 0.05) is 11.1 Å². The Morgan fingerprint density at radius 3 is 1.84 bits per heavy atom. The highest BCUT2D eigenvalue weighted by atomic mass is 16.6. The van der Waals surface area contributed by atoms with Crippen molar-refractivity contribution in [3.05, 3.63) is 72.3 Å². The average molecular weight is 424 g/mol. The van der Waals surface area contributed by atoms with Gasteiger partial charge in [-0.05, 0) is 44.0 Å². The predicted octanol–water partition coefficient (Wildman–Crippen LogP) is 4.66. The normalized spacial score (nSPS) is 10.2. The molecule has 0 amide bonds. The molecule has 6 heteroatoms. The first kappa shape index (κ1) is 23.7. The second-order valence-electron chi connectivity index (χ2n) is 7.06. The molecule has 0 atom stereocenters. The largest absolute Gasteiger partial charge is 0.486 e. The Labute approximate surface area is 183 Å². The van der Waals surface area contributed by atoms with Gasteiger partial charge >= 0.3 is 11.9 Å². The van der Waals surface area contributed by atoms with Crippen LogP contribution in [0.25, 0.3) is 11.1 Å². The van der Waals surface area contributed by atoms with Crippen LogP contribution in [0.15, 0.2) is 66.8 Å². The third-order valence-corrected chi connectivity index (χ3v) is 4.14. The second kappa shape index (κ2) is 11.6. The van der Waals surface area contributed by atoms with Crippen molar-refractivity contribution in [1.29, 1.82) is 0 Å². The molecule has 6 nitrogen and oxygen atoms in total. The lowest BCUT2D eigenvalue weighted by molar-refractivity contribution is -0.140. The molecule has 0 aliphatic heterocycles. The van der Waals surface area contributed by atoms with Gasteiger partial charge in [0.05, 0.1) is 0 Å². The third kappa shape index (κ3) is 7.66. The van der Waals surface area contributed by atoms with E-state index in [4.69, 9.17) is 18.9 Å². The summed E-state index contributed by atoms with van der Waals surface area (Å²) in [6.07, 6.45) is 0. The molecule has 0 radical (unpaired) electrons. The fraction of sp³-hybridized carbons (Fsp3) is 0.280. The van der Waals surface area contributed by atoms with E-state index in [2.05, 4.69) is 19.2 Å². The molecule has 0 saturated heterocycles. The average Bonchev–Trinajstić information content (AvgIpc) is 2.74. The molecule has 0 spiro atoms. The van der Waals surface area contributed by atoms with Gasteiger partial charge in [-0.2, -0.15) is 0 Å². The first-order valence-corrected chi connectivity index (χ1v) is 9.90. The number of carbonyl (C=O) groups excluding carboxylic acids is 2. The van der Waals surface area contributed by atoms with Crippen molar-refractivity contribution in [3.8, 4) is 22.6 Å². The summed E-state index contributed by atoms with van der Waals surface area (Å²) in [5.41, 5.74) is 3.80. The van der Waals surface area contributed by atoms with E-state index in [-0.39, 0.29) is 26.4 Å². The number of aryl methyl sites for hydroxylation is 1. The van der Waals surface area contributed by atoms with Gasteiger partial charge in [-0.1, -0.05) is 49.1 Å². The Morgan fingerprint density at radius 1 is 0.742 bits per heavy atom. The molecule has 2 aromatic carbocycles. The van der Waals surface area contributed by atoms with Crippen molar-refractivity contribution in [1.82, 2.24) is 0 Å². The topological polar surface area (TPSA) is 71.1 Å². The number of benzene rings is 2. The molecular weight excluding hydrogens is 396 g/mol. The number of hydrogen-bond donors (Lipinski definition) is 0. The van der Waals surface area contributed by atoms with Gasteiger partial charge in [-0.15, -0.1) is 0 Å². The van der Waals surface area contributed by atoms with E-state index < -0.39 is 11.9 Å². The van der Waals surface area contributed by atoms with Crippen molar-refractivity contribution in [2.24, 2.45) is 0 Å². The minimum atomic E-state index is -0.465. The second-order valence-corrected chi connectivity index (χ2v) is 7.06. The zero-order valence-electron chi connectivity index (χ0n) is 18.2. The lowest BCUT2D eigenvalue weighted by Crippen LogP contribution is -2.14. The van der Waals surface area contributed by atoms with Crippen molar-refractivity contribution in [2.45, 2.75) is 20.8 Å². The summed E-state index contributed by atoms with van der Waals surface area (Å²) in [5, 5.41) is 0. The lowest BCUT2D eigenvalue weighted by atomic mass is 10.0. The van der Waals surface area contributed by atoms with E-state index in [1.807, 2.05) is 37.3 Å². The maximum atomic E-state index is 11.5. The molecule has 0 N–H and O–H groups in total. The maximum absolute atomic E-state index is 11.5. The highest BCUT2D eigenvalue weighted by Gasteiger charge is 2.11. The minimum absolute atomic E-state index is 0.0794. The van der Waals surface area contributed by atoms with Gasteiger partial charge in [-0.3, -0.25) is 0 Å². The Hall–Kier alpha value is -3.54. The van der Waals surface area contributed by atoms with Crippen molar-refractivity contribution < 1.29 is 28.5 Å². The van der Waals surface area contributed by atoms with Crippen LogP contribution < -0.4 is 9.47 Å². The Bertz CT molecular complexity index is 960. The molecule has 2 aromatic rings. The van der Waals surface area contributed by atoms with Crippen LogP contribution in [0, 0.1) is 6.92 Å². The molecule has 0 aliphatic rings. The molecule has 0 heterocycles. The van der Waals surface area contributed by atoms with Crippen LogP contribution in [-0.4, -0.2) is 38.4 Å². The zero-order chi connectivity index (χ0) is 22.8. The van der Waals surface area contributed by atoms with Crippen LogP contribution in [0.3, 0.4) is 0 Å².